The maximum atomic E-state index is 12.9. The number of anilines is 1. The molecule has 8 heteroatoms. The van der Waals surface area contributed by atoms with Crippen LogP contribution in [-0.2, 0) is 4.79 Å². The summed E-state index contributed by atoms with van der Waals surface area (Å²) in [5.41, 5.74) is 1.32. The Bertz CT molecular complexity index is 1000. The van der Waals surface area contributed by atoms with Gasteiger partial charge in [0, 0.05) is 5.56 Å². The lowest BCUT2D eigenvalue weighted by Gasteiger charge is -2.21. The van der Waals surface area contributed by atoms with Crippen molar-refractivity contribution in [1.82, 2.24) is 15.5 Å². The molecule has 0 spiro atoms. The number of nitrogens with one attached hydrogen (secondary N) is 2. The number of carbonyl (C=O) groups excluding carboxylic acids is 2. The first kappa shape index (κ1) is 21.4. The number of para-hydroxylation sites is 1. The number of amides is 2. The van der Waals surface area contributed by atoms with Crippen molar-refractivity contribution in [1.29, 1.82) is 0 Å². The lowest BCUT2D eigenvalue weighted by Crippen LogP contribution is -2.47. The minimum Gasteiger partial charge on any atom is -0.493 e. The van der Waals surface area contributed by atoms with Crippen LogP contribution in [0.5, 0.6) is 5.75 Å². The van der Waals surface area contributed by atoms with Crippen molar-refractivity contribution in [2.24, 2.45) is 5.92 Å². The maximum absolute atomic E-state index is 12.9. The third-order valence-corrected chi connectivity index (χ3v) is 5.23. The van der Waals surface area contributed by atoms with Gasteiger partial charge in [-0.05, 0) is 25.0 Å². The highest BCUT2D eigenvalue weighted by molar-refractivity contribution is 7.18. The summed E-state index contributed by atoms with van der Waals surface area (Å²) in [6, 6.07) is 15.8. The van der Waals surface area contributed by atoms with E-state index >= 15 is 0 Å². The third-order valence-electron chi connectivity index (χ3n) is 4.34. The Kier molecular flexibility index (Phi) is 7.13. The van der Waals surface area contributed by atoms with Gasteiger partial charge in [-0.2, -0.15) is 0 Å². The second-order valence-corrected chi connectivity index (χ2v) is 7.87. The van der Waals surface area contributed by atoms with Crippen molar-refractivity contribution in [2.75, 3.05) is 11.9 Å². The average molecular weight is 425 g/mol. The fourth-order valence-electron chi connectivity index (χ4n) is 2.84. The number of rotatable bonds is 8. The van der Waals surface area contributed by atoms with Crippen LogP contribution >= 0.6 is 11.3 Å². The van der Waals surface area contributed by atoms with Crippen LogP contribution in [0.2, 0.25) is 0 Å². The van der Waals surface area contributed by atoms with Crippen LogP contribution in [0.4, 0.5) is 5.13 Å². The fourth-order valence-corrected chi connectivity index (χ4v) is 3.60. The highest BCUT2D eigenvalue weighted by Gasteiger charge is 2.26. The summed E-state index contributed by atoms with van der Waals surface area (Å²) >= 11 is 1.28. The topological polar surface area (TPSA) is 93.2 Å². The number of nitrogens with zero attached hydrogens (tertiary/aromatic N) is 2. The molecule has 0 saturated carbocycles. The van der Waals surface area contributed by atoms with Crippen molar-refractivity contribution >= 4 is 28.3 Å². The molecule has 7 nitrogen and oxygen atoms in total. The molecule has 0 radical (unpaired) electrons. The quantitative estimate of drug-likeness (QED) is 0.570. The van der Waals surface area contributed by atoms with Crippen LogP contribution < -0.4 is 15.4 Å². The van der Waals surface area contributed by atoms with E-state index < -0.39 is 6.04 Å². The highest BCUT2D eigenvalue weighted by atomic mass is 32.1. The van der Waals surface area contributed by atoms with Crippen molar-refractivity contribution in [3.05, 3.63) is 60.2 Å². The van der Waals surface area contributed by atoms with Crippen LogP contribution in [0.15, 0.2) is 54.6 Å². The summed E-state index contributed by atoms with van der Waals surface area (Å²) in [5.74, 6) is -0.357. The molecule has 0 saturated heterocycles. The molecule has 1 unspecified atom stereocenters. The second-order valence-electron chi connectivity index (χ2n) is 6.89. The van der Waals surface area contributed by atoms with E-state index in [0.29, 0.717) is 28.1 Å². The molecule has 156 valence electrons. The Hall–Kier alpha value is -3.26. The van der Waals surface area contributed by atoms with Crippen LogP contribution in [0.3, 0.4) is 0 Å². The minimum atomic E-state index is -0.740. The van der Waals surface area contributed by atoms with E-state index in [0.717, 1.165) is 5.56 Å². The van der Waals surface area contributed by atoms with Crippen molar-refractivity contribution in [2.45, 2.75) is 26.8 Å². The van der Waals surface area contributed by atoms with Crippen LogP contribution in [0.25, 0.3) is 10.6 Å². The minimum absolute atomic E-state index is 0.130. The molecule has 3 rings (SSSR count). The van der Waals surface area contributed by atoms with Crippen molar-refractivity contribution < 1.29 is 14.3 Å². The zero-order chi connectivity index (χ0) is 21.5. The fraction of sp³-hybridized carbons (Fsp3) is 0.273. The Labute approximate surface area is 179 Å². The molecule has 0 aliphatic rings. The summed E-state index contributed by atoms with van der Waals surface area (Å²) in [5, 5.41) is 14.9. The summed E-state index contributed by atoms with van der Waals surface area (Å²) < 4.78 is 5.52. The molecule has 2 aromatic carbocycles. The van der Waals surface area contributed by atoms with Gasteiger partial charge in [-0.1, -0.05) is 67.6 Å². The van der Waals surface area contributed by atoms with Crippen molar-refractivity contribution in [3.63, 3.8) is 0 Å². The monoisotopic (exact) mass is 424 g/mol. The van der Waals surface area contributed by atoms with E-state index in [1.807, 2.05) is 51.1 Å². The van der Waals surface area contributed by atoms with E-state index in [4.69, 9.17) is 4.74 Å². The first-order valence-corrected chi connectivity index (χ1v) is 10.5. The predicted molar refractivity (Wildman–Crippen MR) is 118 cm³/mol. The van der Waals surface area contributed by atoms with Gasteiger partial charge >= 0.3 is 0 Å². The van der Waals surface area contributed by atoms with Gasteiger partial charge in [0.25, 0.3) is 5.91 Å². The Morgan fingerprint density at radius 1 is 1.03 bits per heavy atom. The van der Waals surface area contributed by atoms with Gasteiger partial charge in [-0.25, -0.2) is 0 Å². The lowest BCUT2D eigenvalue weighted by molar-refractivity contribution is -0.118. The maximum Gasteiger partial charge on any atom is 0.255 e. The lowest BCUT2D eigenvalue weighted by atomic mass is 10.0. The largest absolute Gasteiger partial charge is 0.493 e. The van der Waals surface area contributed by atoms with Gasteiger partial charge in [0.2, 0.25) is 11.0 Å². The molecular formula is C22H24N4O3S. The Balaban J connectivity index is 1.71. The molecule has 0 aliphatic carbocycles. The number of ether oxygens (including phenoxy) is 1. The molecule has 1 atom stereocenters. The predicted octanol–water partition coefficient (Wildman–Crippen LogP) is 4.00. The van der Waals surface area contributed by atoms with Gasteiger partial charge < -0.3 is 10.1 Å². The SMILES string of the molecule is CCOc1ccccc1C(=O)NC(C(=O)Nc1nnc(-c2ccccc2)s1)C(C)C. The molecule has 1 heterocycles. The normalized spacial score (nSPS) is 11.7. The van der Waals surface area contributed by atoms with Crippen LogP contribution in [0.1, 0.15) is 31.1 Å². The third kappa shape index (κ3) is 5.21. The van der Waals surface area contributed by atoms with E-state index in [9.17, 15) is 9.59 Å². The first-order chi connectivity index (χ1) is 14.5. The van der Waals surface area contributed by atoms with Crippen LogP contribution in [0, 0.1) is 5.92 Å². The molecule has 3 aromatic rings. The van der Waals surface area contributed by atoms with Gasteiger partial charge in [-0.3, -0.25) is 14.9 Å². The van der Waals surface area contributed by atoms with E-state index in [1.165, 1.54) is 11.3 Å². The van der Waals surface area contributed by atoms with Gasteiger partial charge in [0.15, 0.2) is 0 Å². The molecule has 30 heavy (non-hydrogen) atoms. The van der Waals surface area contributed by atoms with Gasteiger partial charge in [0.05, 0.1) is 12.2 Å². The van der Waals surface area contributed by atoms with Crippen LogP contribution in [-0.4, -0.2) is 34.7 Å². The first-order valence-electron chi connectivity index (χ1n) is 9.72. The molecular weight excluding hydrogens is 400 g/mol. The molecule has 0 fully saturated rings. The summed E-state index contributed by atoms with van der Waals surface area (Å²) in [7, 11) is 0. The van der Waals surface area contributed by atoms with E-state index in [2.05, 4.69) is 20.8 Å². The molecule has 1 aromatic heterocycles. The highest BCUT2D eigenvalue weighted by Crippen LogP contribution is 2.26. The molecule has 2 amide bonds. The number of aromatic nitrogens is 2. The second kappa shape index (κ2) is 9.98. The van der Waals surface area contributed by atoms with E-state index in [1.54, 1.807) is 24.3 Å². The number of carbonyl (C=O) groups is 2. The summed E-state index contributed by atoms with van der Waals surface area (Å²) in [6.45, 7) is 6.03. The van der Waals surface area contributed by atoms with Crippen molar-refractivity contribution in [3.8, 4) is 16.3 Å². The number of benzene rings is 2. The molecule has 2 N–H and O–H groups in total. The average Bonchev–Trinajstić information content (AvgIpc) is 3.21. The number of hydrogen-bond donors (Lipinski definition) is 2. The molecule has 0 aliphatic heterocycles. The molecule has 0 bridgehead atoms. The zero-order valence-corrected chi connectivity index (χ0v) is 17.9. The van der Waals surface area contributed by atoms with Gasteiger partial charge in [-0.15, -0.1) is 10.2 Å². The Morgan fingerprint density at radius 2 is 1.73 bits per heavy atom. The summed E-state index contributed by atoms with van der Waals surface area (Å²) in [6.07, 6.45) is 0. The Morgan fingerprint density at radius 3 is 2.43 bits per heavy atom. The number of hydrogen-bond acceptors (Lipinski definition) is 6. The zero-order valence-electron chi connectivity index (χ0n) is 17.1. The van der Waals surface area contributed by atoms with E-state index in [-0.39, 0.29) is 17.7 Å². The standard InChI is InChI=1S/C22H24N4O3S/c1-4-29-17-13-9-8-12-16(17)19(27)23-18(14(2)3)20(28)24-22-26-25-21(30-22)15-10-6-5-7-11-15/h5-14,18H,4H2,1-3H3,(H,23,27)(H,24,26,28). The smallest absolute Gasteiger partial charge is 0.255 e. The summed E-state index contributed by atoms with van der Waals surface area (Å²) in [4.78, 5) is 25.7. The van der Waals surface area contributed by atoms with Gasteiger partial charge in [0.1, 0.15) is 16.8 Å².